The van der Waals surface area contributed by atoms with Gasteiger partial charge in [0.1, 0.15) is 0 Å². The number of dihydropyridines is 1. The fraction of sp³-hybridized carbons (Fsp3) is 0.562. The Kier molecular flexibility index (Phi) is 2.24. The molecule has 2 atom stereocenters. The Bertz CT molecular complexity index is 584. The van der Waals surface area contributed by atoms with Crippen LogP contribution in [0.2, 0.25) is 0 Å². The van der Waals surface area contributed by atoms with Crippen molar-refractivity contribution in [3.05, 3.63) is 35.3 Å². The highest BCUT2D eigenvalue weighted by Gasteiger charge is 2.59. The highest BCUT2D eigenvalue weighted by molar-refractivity contribution is 6.55. The van der Waals surface area contributed by atoms with Crippen LogP contribution in [-0.2, 0) is 9.31 Å². The lowest BCUT2D eigenvalue weighted by molar-refractivity contribution is 0.00578. The van der Waals surface area contributed by atoms with E-state index in [4.69, 9.17) is 9.31 Å². The minimum Gasteiger partial charge on any atom is -0.399 e. The molecule has 0 aromatic rings. The molecule has 2 fully saturated rings. The summed E-state index contributed by atoms with van der Waals surface area (Å²) >= 11 is 0. The van der Waals surface area contributed by atoms with Crippen molar-refractivity contribution >= 4 is 13.3 Å². The summed E-state index contributed by atoms with van der Waals surface area (Å²) < 4.78 is 12.3. The van der Waals surface area contributed by atoms with Crippen molar-refractivity contribution < 1.29 is 9.31 Å². The van der Waals surface area contributed by atoms with Gasteiger partial charge in [-0.25, -0.2) is 0 Å². The number of hydrogen-bond acceptors (Lipinski definition) is 3. The van der Waals surface area contributed by atoms with Gasteiger partial charge in [0.25, 0.3) is 0 Å². The molecule has 3 nitrogen and oxygen atoms in total. The molecule has 4 heteroatoms. The molecule has 2 unspecified atom stereocenters. The molecule has 1 saturated heterocycles. The summed E-state index contributed by atoms with van der Waals surface area (Å²) in [7, 11) is -0.259. The molecule has 1 saturated carbocycles. The Morgan fingerprint density at radius 2 is 1.90 bits per heavy atom. The predicted octanol–water partition coefficient (Wildman–Crippen LogP) is 2.88. The first-order valence-electron chi connectivity index (χ1n) is 7.36. The summed E-state index contributed by atoms with van der Waals surface area (Å²) in [6.45, 7) is 8.37. The third-order valence-electron chi connectivity index (χ3n) is 5.39. The molecule has 0 radical (unpaired) electrons. The van der Waals surface area contributed by atoms with Crippen LogP contribution in [0.5, 0.6) is 0 Å². The molecule has 0 aromatic heterocycles. The minimum absolute atomic E-state index is 0.0435. The van der Waals surface area contributed by atoms with Gasteiger partial charge in [-0.15, -0.1) is 0 Å². The zero-order valence-electron chi connectivity index (χ0n) is 12.5. The average Bonchev–Trinajstić information content (AvgIpc) is 3.02. The van der Waals surface area contributed by atoms with Crippen molar-refractivity contribution in [1.29, 1.82) is 0 Å². The second-order valence-electron chi connectivity index (χ2n) is 7.23. The van der Waals surface area contributed by atoms with E-state index in [2.05, 4.69) is 50.9 Å². The molecule has 0 N–H and O–H groups in total. The smallest absolute Gasteiger partial charge is 0.399 e. The van der Waals surface area contributed by atoms with Crippen molar-refractivity contribution in [2.24, 2.45) is 10.9 Å². The summed E-state index contributed by atoms with van der Waals surface area (Å²) in [5, 5.41) is 0. The largest absolute Gasteiger partial charge is 0.494 e. The molecule has 2 aliphatic carbocycles. The normalized spacial score (nSPS) is 39.0. The summed E-state index contributed by atoms with van der Waals surface area (Å²) in [6.07, 6.45) is 11.7. The first-order chi connectivity index (χ1) is 9.34. The highest BCUT2D eigenvalue weighted by atomic mass is 16.7. The maximum absolute atomic E-state index is 6.15. The number of rotatable bonds is 1. The zero-order chi connectivity index (χ0) is 14.2. The first kappa shape index (κ1) is 12.6. The van der Waals surface area contributed by atoms with Gasteiger partial charge in [-0.05, 0) is 51.2 Å². The second kappa shape index (κ2) is 3.55. The number of aliphatic imine (C=N–C) groups is 1. The summed E-state index contributed by atoms with van der Waals surface area (Å²) in [5.74, 6) is 0.512. The Labute approximate surface area is 120 Å². The van der Waals surface area contributed by atoms with Gasteiger partial charge in [0, 0.05) is 12.1 Å². The van der Waals surface area contributed by atoms with Crippen LogP contribution in [0, 0.1) is 5.92 Å². The van der Waals surface area contributed by atoms with Crippen molar-refractivity contribution in [3.8, 4) is 0 Å². The monoisotopic (exact) mass is 269 g/mol. The molecule has 4 aliphatic rings. The van der Waals surface area contributed by atoms with E-state index in [0.29, 0.717) is 5.92 Å². The SMILES string of the molecule is CC1(C)OB(C2=CC3CC34N=CC=CC4=C2)OC1(C)C. The Morgan fingerprint density at radius 1 is 1.20 bits per heavy atom. The molecule has 0 amide bonds. The lowest BCUT2D eigenvalue weighted by Gasteiger charge is -2.32. The fourth-order valence-electron chi connectivity index (χ4n) is 3.25. The topological polar surface area (TPSA) is 30.8 Å². The van der Waals surface area contributed by atoms with Crippen LogP contribution in [0.4, 0.5) is 0 Å². The third-order valence-corrected chi connectivity index (χ3v) is 5.39. The lowest BCUT2D eigenvalue weighted by atomic mass is 9.73. The minimum atomic E-state index is -0.282. The molecule has 2 aliphatic heterocycles. The van der Waals surface area contributed by atoms with Crippen LogP contribution in [0.25, 0.3) is 0 Å². The summed E-state index contributed by atoms with van der Waals surface area (Å²) in [6, 6.07) is 0. The van der Waals surface area contributed by atoms with Crippen molar-refractivity contribution in [1.82, 2.24) is 0 Å². The van der Waals surface area contributed by atoms with Crippen LogP contribution in [0.1, 0.15) is 34.1 Å². The van der Waals surface area contributed by atoms with Gasteiger partial charge >= 0.3 is 7.12 Å². The molecule has 4 rings (SSSR count). The molecule has 1 spiro atoms. The van der Waals surface area contributed by atoms with Crippen LogP contribution in [0.3, 0.4) is 0 Å². The molecule has 20 heavy (non-hydrogen) atoms. The van der Waals surface area contributed by atoms with Crippen LogP contribution >= 0.6 is 0 Å². The number of nitrogens with zero attached hydrogens (tertiary/aromatic N) is 1. The van der Waals surface area contributed by atoms with E-state index >= 15 is 0 Å². The van der Waals surface area contributed by atoms with Gasteiger partial charge in [0.05, 0.1) is 16.7 Å². The Hall–Kier alpha value is -1.13. The van der Waals surface area contributed by atoms with Gasteiger partial charge in [0.15, 0.2) is 0 Å². The molecule has 2 heterocycles. The van der Waals surface area contributed by atoms with E-state index in [1.54, 1.807) is 0 Å². The Morgan fingerprint density at radius 3 is 2.60 bits per heavy atom. The Balaban J connectivity index is 1.65. The first-order valence-corrected chi connectivity index (χ1v) is 7.36. The van der Waals surface area contributed by atoms with E-state index in [9.17, 15) is 0 Å². The van der Waals surface area contributed by atoms with Crippen LogP contribution in [-0.4, -0.2) is 30.1 Å². The highest BCUT2D eigenvalue weighted by Crippen LogP contribution is 2.57. The molecule has 0 aromatic carbocycles. The molecular weight excluding hydrogens is 249 g/mol. The van der Waals surface area contributed by atoms with E-state index in [0.717, 1.165) is 11.9 Å². The quantitative estimate of drug-likeness (QED) is 0.685. The maximum Gasteiger partial charge on any atom is 0.494 e. The zero-order valence-corrected chi connectivity index (χ0v) is 12.5. The third kappa shape index (κ3) is 1.52. The molecule has 104 valence electrons. The van der Waals surface area contributed by atoms with E-state index in [-0.39, 0.29) is 23.9 Å². The number of allylic oxidation sites excluding steroid dienone is 3. The van der Waals surface area contributed by atoms with Crippen LogP contribution in [0.15, 0.2) is 40.3 Å². The van der Waals surface area contributed by atoms with E-state index in [1.165, 1.54) is 5.57 Å². The van der Waals surface area contributed by atoms with Crippen molar-refractivity contribution in [3.63, 3.8) is 0 Å². The molecule has 0 bridgehead atoms. The van der Waals surface area contributed by atoms with Gasteiger partial charge < -0.3 is 9.31 Å². The van der Waals surface area contributed by atoms with Crippen LogP contribution < -0.4 is 0 Å². The van der Waals surface area contributed by atoms with Crippen molar-refractivity contribution in [2.45, 2.75) is 50.9 Å². The predicted molar refractivity (Wildman–Crippen MR) is 80.7 cm³/mol. The second-order valence-corrected chi connectivity index (χ2v) is 7.23. The standard InChI is InChI=1S/C16H20BNO2/c1-14(2)15(3,4)20-17(19-14)13-8-11-6-5-7-18-16(11)10-12(16)9-13/h5-9,12H,10H2,1-4H3. The van der Waals surface area contributed by atoms with Gasteiger partial charge in [-0.2, -0.15) is 0 Å². The maximum atomic E-state index is 6.15. The fourth-order valence-corrected chi connectivity index (χ4v) is 3.25. The average molecular weight is 269 g/mol. The summed E-state index contributed by atoms with van der Waals surface area (Å²) in [4.78, 5) is 4.67. The van der Waals surface area contributed by atoms with Crippen molar-refractivity contribution in [2.75, 3.05) is 0 Å². The van der Waals surface area contributed by atoms with E-state index < -0.39 is 0 Å². The van der Waals surface area contributed by atoms with Gasteiger partial charge in [0.2, 0.25) is 0 Å². The molecular formula is C16H20BNO2. The lowest BCUT2D eigenvalue weighted by Crippen LogP contribution is -2.41. The number of hydrogen-bond donors (Lipinski definition) is 0. The van der Waals surface area contributed by atoms with E-state index in [1.807, 2.05) is 12.3 Å². The van der Waals surface area contributed by atoms with Gasteiger partial charge in [-0.3, -0.25) is 4.99 Å². The van der Waals surface area contributed by atoms with Gasteiger partial charge in [-0.1, -0.05) is 18.2 Å². The summed E-state index contributed by atoms with van der Waals surface area (Å²) in [5.41, 5.74) is 1.93.